The predicted octanol–water partition coefficient (Wildman–Crippen LogP) is 4.67. The smallest absolute Gasteiger partial charge is 0.257 e. The normalized spacial score (nSPS) is 14.8. The van der Waals surface area contributed by atoms with Crippen LogP contribution < -0.4 is 10.6 Å². The average molecular weight is 442 g/mol. The topological polar surface area (TPSA) is 81.7 Å². The first-order valence-corrected chi connectivity index (χ1v) is 10.9. The van der Waals surface area contributed by atoms with E-state index in [2.05, 4.69) is 10.6 Å². The van der Waals surface area contributed by atoms with Crippen molar-refractivity contribution < 1.29 is 19.1 Å². The molecule has 0 aromatic heterocycles. The summed E-state index contributed by atoms with van der Waals surface area (Å²) in [6.07, 6.45) is 1.56. The number of aromatic hydroxyl groups is 1. The van der Waals surface area contributed by atoms with Gasteiger partial charge in [-0.3, -0.25) is 9.59 Å². The van der Waals surface area contributed by atoms with E-state index in [-0.39, 0.29) is 34.7 Å². The second-order valence-corrected chi connectivity index (χ2v) is 7.50. The highest BCUT2D eigenvalue weighted by Crippen LogP contribution is 2.36. The number of phenolic OH excluding ortho intramolecular Hbond substituents is 1. The number of phenols is 1. The maximum absolute atomic E-state index is 13.1. The Hall–Kier alpha value is -3.35. The predicted molar refractivity (Wildman–Crippen MR) is 125 cm³/mol. The lowest BCUT2D eigenvalue weighted by Crippen LogP contribution is -2.41. The summed E-state index contributed by atoms with van der Waals surface area (Å²) in [7, 11) is 3.21. The molecule has 1 aliphatic carbocycles. The second-order valence-electron chi connectivity index (χ2n) is 7.50. The first-order valence-electron chi connectivity index (χ1n) is 10.9. The van der Waals surface area contributed by atoms with Crippen LogP contribution in [0.5, 0.6) is 5.75 Å². The SMILES string of the molecule is CC.CCCC1C(=O)C(Nc2cccc(C(=O)N(C)C)c2O)=C1NCc1ccc(F)cc1. The van der Waals surface area contributed by atoms with Crippen molar-refractivity contribution in [3.8, 4) is 5.75 Å². The van der Waals surface area contributed by atoms with Crippen molar-refractivity contribution in [1.29, 1.82) is 0 Å². The first kappa shape index (κ1) is 24.9. The van der Waals surface area contributed by atoms with E-state index in [1.807, 2.05) is 20.8 Å². The molecule has 1 amide bonds. The zero-order chi connectivity index (χ0) is 23.8. The van der Waals surface area contributed by atoms with Crippen LogP contribution in [0.15, 0.2) is 53.9 Å². The Morgan fingerprint density at radius 1 is 1.12 bits per heavy atom. The minimum absolute atomic E-state index is 0.0396. The molecule has 1 aliphatic rings. The third kappa shape index (κ3) is 5.46. The van der Waals surface area contributed by atoms with E-state index in [1.54, 1.807) is 38.4 Å². The molecule has 0 saturated heterocycles. The van der Waals surface area contributed by atoms with E-state index in [9.17, 15) is 19.1 Å². The molecule has 0 spiro atoms. The van der Waals surface area contributed by atoms with Crippen LogP contribution in [0.2, 0.25) is 0 Å². The van der Waals surface area contributed by atoms with E-state index in [0.29, 0.717) is 24.4 Å². The summed E-state index contributed by atoms with van der Waals surface area (Å²) in [5.41, 5.74) is 2.47. The van der Waals surface area contributed by atoms with E-state index >= 15 is 0 Å². The standard InChI is InChI=1S/C23H26FN3O3.C2H6/c1-4-6-16-19(25-13-14-9-11-15(24)12-10-14)20(22(16)29)26-18-8-5-7-17(21(18)28)23(30)27(2)3;1-2/h5,7-12,16,25-26,28H,4,6,13H2,1-3H3;1-2H3. The number of ketones is 1. The number of anilines is 1. The van der Waals surface area contributed by atoms with Gasteiger partial charge in [0.2, 0.25) is 0 Å². The molecular weight excluding hydrogens is 409 g/mol. The highest BCUT2D eigenvalue weighted by Gasteiger charge is 2.39. The molecule has 172 valence electrons. The fourth-order valence-electron chi connectivity index (χ4n) is 3.43. The molecule has 0 heterocycles. The van der Waals surface area contributed by atoms with Gasteiger partial charge in [-0.05, 0) is 36.2 Å². The van der Waals surface area contributed by atoms with Crippen molar-refractivity contribution in [1.82, 2.24) is 10.2 Å². The summed E-state index contributed by atoms with van der Waals surface area (Å²) in [6, 6.07) is 11.0. The van der Waals surface area contributed by atoms with Gasteiger partial charge >= 0.3 is 0 Å². The zero-order valence-electron chi connectivity index (χ0n) is 19.3. The van der Waals surface area contributed by atoms with E-state index in [0.717, 1.165) is 17.7 Å². The van der Waals surface area contributed by atoms with E-state index in [1.165, 1.54) is 23.1 Å². The van der Waals surface area contributed by atoms with Crippen molar-refractivity contribution >= 4 is 17.4 Å². The summed E-state index contributed by atoms with van der Waals surface area (Å²) in [5, 5.41) is 16.8. The summed E-state index contributed by atoms with van der Waals surface area (Å²) >= 11 is 0. The van der Waals surface area contributed by atoms with Gasteiger partial charge in [0, 0.05) is 26.3 Å². The van der Waals surface area contributed by atoms with Crippen LogP contribution in [0.4, 0.5) is 10.1 Å². The molecule has 32 heavy (non-hydrogen) atoms. The van der Waals surface area contributed by atoms with Crippen LogP contribution in [0.1, 0.15) is 49.5 Å². The van der Waals surface area contributed by atoms with Gasteiger partial charge in [0.25, 0.3) is 5.91 Å². The number of carbonyl (C=O) groups excluding carboxylic acids is 2. The van der Waals surface area contributed by atoms with Gasteiger partial charge in [-0.25, -0.2) is 4.39 Å². The Morgan fingerprint density at radius 3 is 2.38 bits per heavy atom. The molecular formula is C25H32FN3O3. The van der Waals surface area contributed by atoms with Crippen molar-refractivity contribution in [3.05, 3.63) is 70.8 Å². The molecule has 2 aromatic carbocycles. The minimum Gasteiger partial charge on any atom is -0.505 e. The molecule has 3 rings (SSSR count). The number of carbonyl (C=O) groups is 2. The van der Waals surface area contributed by atoms with Crippen LogP contribution in [-0.2, 0) is 11.3 Å². The van der Waals surface area contributed by atoms with Crippen molar-refractivity contribution in [2.24, 2.45) is 5.92 Å². The Bertz CT molecular complexity index is 984. The summed E-state index contributed by atoms with van der Waals surface area (Å²) < 4.78 is 13.1. The number of para-hydroxylation sites is 1. The molecule has 0 fully saturated rings. The largest absolute Gasteiger partial charge is 0.505 e. The van der Waals surface area contributed by atoms with Crippen molar-refractivity contribution in [3.63, 3.8) is 0 Å². The highest BCUT2D eigenvalue weighted by molar-refractivity contribution is 6.09. The van der Waals surface area contributed by atoms with Gasteiger partial charge in [0.1, 0.15) is 11.5 Å². The number of Topliss-reactive ketones (excluding diaryl/α,β-unsaturated/α-hetero) is 1. The van der Waals surface area contributed by atoms with Gasteiger partial charge in [-0.2, -0.15) is 0 Å². The number of nitrogens with one attached hydrogen (secondary N) is 2. The molecule has 0 saturated carbocycles. The lowest BCUT2D eigenvalue weighted by Gasteiger charge is -2.33. The fourth-order valence-corrected chi connectivity index (χ4v) is 3.43. The summed E-state index contributed by atoms with van der Waals surface area (Å²) in [6.45, 7) is 6.46. The number of benzene rings is 2. The van der Waals surface area contributed by atoms with Crippen LogP contribution in [-0.4, -0.2) is 35.8 Å². The molecule has 0 radical (unpaired) electrons. The van der Waals surface area contributed by atoms with Crippen molar-refractivity contribution in [2.75, 3.05) is 19.4 Å². The van der Waals surface area contributed by atoms with E-state index in [4.69, 9.17) is 0 Å². The quantitative estimate of drug-likeness (QED) is 0.519. The van der Waals surface area contributed by atoms with E-state index < -0.39 is 0 Å². The number of hydrogen-bond donors (Lipinski definition) is 3. The fraction of sp³-hybridized carbons (Fsp3) is 0.360. The molecule has 2 aromatic rings. The maximum Gasteiger partial charge on any atom is 0.257 e. The molecule has 3 N–H and O–H groups in total. The Morgan fingerprint density at radius 2 is 1.78 bits per heavy atom. The van der Waals surface area contributed by atoms with Gasteiger partial charge in [0.15, 0.2) is 11.5 Å². The number of amides is 1. The van der Waals surface area contributed by atoms with Crippen LogP contribution in [0, 0.1) is 11.7 Å². The first-order chi connectivity index (χ1) is 15.3. The van der Waals surface area contributed by atoms with Gasteiger partial charge < -0.3 is 20.6 Å². The van der Waals surface area contributed by atoms with Crippen LogP contribution in [0.3, 0.4) is 0 Å². The number of rotatable bonds is 8. The van der Waals surface area contributed by atoms with Gasteiger partial charge in [-0.15, -0.1) is 0 Å². The molecule has 1 atom stereocenters. The van der Waals surface area contributed by atoms with Crippen LogP contribution >= 0.6 is 0 Å². The Balaban J connectivity index is 0.00000176. The minimum atomic E-state index is -0.330. The third-order valence-corrected chi connectivity index (χ3v) is 5.09. The maximum atomic E-state index is 13.1. The summed E-state index contributed by atoms with van der Waals surface area (Å²) in [5.74, 6) is -1.11. The number of halogens is 1. The molecule has 7 heteroatoms. The van der Waals surface area contributed by atoms with Crippen molar-refractivity contribution in [2.45, 2.75) is 40.2 Å². The van der Waals surface area contributed by atoms with Gasteiger partial charge in [-0.1, -0.05) is 45.4 Å². The lowest BCUT2D eigenvalue weighted by atomic mass is 9.81. The van der Waals surface area contributed by atoms with Gasteiger partial charge in [0.05, 0.1) is 17.2 Å². The molecule has 1 unspecified atom stereocenters. The number of hydrogen-bond acceptors (Lipinski definition) is 5. The third-order valence-electron chi connectivity index (χ3n) is 5.09. The number of nitrogens with zero attached hydrogens (tertiary/aromatic N) is 1. The molecule has 6 nitrogen and oxygen atoms in total. The average Bonchev–Trinajstić information content (AvgIpc) is 2.80. The lowest BCUT2D eigenvalue weighted by molar-refractivity contribution is -0.120. The zero-order valence-corrected chi connectivity index (χ0v) is 19.3. The number of allylic oxidation sites excluding steroid dienone is 2. The van der Waals surface area contributed by atoms with Crippen LogP contribution in [0.25, 0.3) is 0 Å². The summed E-state index contributed by atoms with van der Waals surface area (Å²) in [4.78, 5) is 26.3. The molecule has 0 aliphatic heterocycles. The Labute approximate surface area is 189 Å². The monoisotopic (exact) mass is 441 g/mol. The highest BCUT2D eigenvalue weighted by atomic mass is 19.1. The second kappa shape index (κ2) is 11.3. The molecule has 0 bridgehead atoms. The Kier molecular flexibility index (Phi) is 8.81.